The first kappa shape index (κ1) is 21.1. The van der Waals surface area contributed by atoms with Crippen molar-refractivity contribution in [3.8, 4) is 0 Å². The smallest absolute Gasteiger partial charge is 0.410 e. The number of benzene rings is 1. The van der Waals surface area contributed by atoms with E-state index in [0.717, 1.165) is 18.4 Å². The number of carbonyl (C=O) groups excluding carboxylic acids is 3. The van der Waals surface area contributed by atoms with Gasteiger partial charge in [-0.3, -0.25) is 9.59 Å². The summed E-state index contributed by atoms with van der Waals surface area (Å²) in [7, 11) is 0. The first-order valence-electron chi connectivity index (χ1n) is 10.3. The van der Waals surface area contributed by atoms with E-state index in [9.17, 15) is 14.4 Å². The average molecular weight is 402 g/mol. The van der Waals surface area contributed by atoms with E-state index in [1.807, 2.05) is 37.8 Å². The van der Waals surface area contributed by atoms with E-state index in [0.29, 0.717) is 44.1 Å². The summed E-state index contributed by atoms with van der Waals surface area (Å²) in [6, 6.07) is 7.41. The van der Waals surface area contributed by atoms with Gasteiger partial charge in [-0.05, 0) is 64.2 Å². The molecule has 0 bridgehead atoms. The van der Waals surface area contributed by atoms with Gasteiger partial charge in [0.05, 0.1) is 0 Å². The highest BCUT2D eigenvalue weighted by Crippen LogP contribution is 2.32. The fourth-order valence-electron chi connectivity index (χ4n) is 3.61. The van der Waals surface area contributed by atoms with Crippen LogP contribution < -0.4 is 5.73 Å². The standard InChI is InChI=1S/C22H31N3O4/c1-22(2,3)29-21(28)24-12-10-17(11-13-24)20(27)25(18-8-9-18)14-15-4-6-16(7-5-15)19(23)26/h4-7,17-18H,8-14H2,1-3H3,(H2,23,26). The molecule has 1 saturated carbocycles. The lowest BCUT2D eigenvalue weighted by molar-refractivity contribution is -0.138. The molecule has 7 nitrogen and oxygen atoms in total. The lowest BCUT2D eigenvalue weighted by Crippen LogP contribution is -2.46. The van der Waals surface area contributed by atoms with Crippen molar-refractivity contribution < 1.29 is 19.1 Å². The minimum Gasteiger partial charge on any atom is -0.444 e. The van der Waals surface area contributed by atoms with Gasteiger partial charge in [-0.25, -0.2) is 4.79 Å². The second kappa shape index (κ2) is 8.43. The highest BCUT2D eigenvalue weighted by molar-refractivity contribution is 5.92. The number of likely N-dealkylation sites (tertiary alicyclic amines) is 1. The van der Waals surface area contributed by atoms with Gasteiger partial charge in [0, 0.05) is 37.2 Å². The second-order valence-electron chi connectivity index (χ2n) is 9.00. The molecule has 1 aliphatic heterocycles. The fourth-order valence-corrected chi connectivity index (χ4v) is 3.61. The molecule has 0 aromatic heterocycles. The number of nitrogens with zero attached hydrogens (tertiary/aromatic N) is 2. The van der Waals surface area contributed by atoms with Gasteiger partial charge in [-0.15, -0.1) is 0 Å². The van der Waals surface area contributed by atoms with Crippen molar-refractivity contribution in [2.75, 3.05) is 13.1 Å². The molecule has 7 heteroatoms. The molecule has 2 aliphatic rings. The molecule has 1 saturated heterocycles. The van der Waals surface area contributed by atoms with E-state index >= 15 is 0 Å². The minimum atomic E-state index is -0.517. The number of ether oxygens (including phenoxy) is 1. The number of hydrogen-bond donors (Lipinski definition) is 1. The van der Waals surface area contributed by atoms with E-state index in [1.165, 1.54) is 0 Å². The zero-order valence-electron chi connectivity index (χ0n) is 17.5. The molecule has 3 amide bonds. The molecule has 158 valence electrons. The number of primary amides is 1. The van der Waals surface area contributed by atoms with Crippen LogP contribution in [-0.2, 0) is 16.1 Å². The molecular weight excluding hydrogens is 370 g/mol. The molecule has 1 heterocycles. The molecule has 2 N–H and O–H groups in total. The molecular formula is C22H31N3O4. The summed E-state index contributed by atoms with van der Waals surface area (Å²) in [5, 5.41) is 0. The van der Waals surface area contributed by atoms with E-state index in [-0.39, 0.29) is 17.9 Å². The van der Waals surface area contributed by atoms with Crippen molar-refractivity contribution in [2.45, 2.75) is 64.6 Å². The summed E-state index contributed by atoms with van der Waals surface area (Å²) in [6.45, 7) is 7.17. The van der Waals surface area contributed by atoms with Crippen molar-refractivity contribution in [1.82, 2.24) is 9.80 Å². The maximum absolute atomic E-state index is 13.2. The number of rotatable bonds is 5. The second-order valence-corrected chi connectivity index (χ2v) is 9.00. The zero-order valence-corrected chi connectivity index (χ0v) is 17.5. The van der Waals surface area contributed by atoms with Gasteiger partial charge < -0.3 is 20.3 Å². The van der Waals surface area contributed by atoms with Crippen molar-refractivity contribution in [3.05, 3.63) is 35.4 Å². The van der Waals surface area contributed by atoms with Crippen LogP contribution in [0, 0.1) is 5.92 Å². The van der Waals surface area contributed by atoms with Crippen molar-refractivity contribution in [1.29, 1.82) is 0 Å². The first-order chi connectivity index (χ1) is 13.6. The predicted octanol–water partition coefficient (Wildman–Crippen LogP) is 2.92. The normalized spacial score (nSPS) is 17.7. The maximum Gasteiger partial charge on any atom is 0.410 e. The fraction of sp³-hybridized carbons (Fsp3) is 0.591. The van der Waals surface area contributed by atoms with E-state index in [4.69, 9.17) is 10.5 Å². The largest absolute Gasteiger partial charge is 0.444 e. The molecule has 0 radical (unpaired) electrons. The Bertz CT molecular complexity index is 757. The van der Waals surface area contributed by atoms with Gasteiger partial charge in [0.1, 0.15) is 5.60 Å². The number of nitrogens with two attached hydrogens (primary N) is 1. The van der Waals surface area contributed by atoms with Crippen LogP contribution in [0.25, 0.3) is 0 Å². The third-order valence-corrected chi connectivity index (χ3v) is 5.36. The van der Waals surface area contributed by atoms with Crippen LogP contribution >= 0.6 is 0 Å². The molecule has 0 atom stereocenters. The van der Waals surface area contributed by atoms with Crippen LogP contribution in [0.15, 0.2) is 24.3 Å². The van der Waals surface area contributed by atoms with E-state index < -0.39 is 11.5 Å². The Morgan fingerprint density at radius 2 is 1.66 bits per heavy atom. The van der Waals surface area contributed by atoms with Gasteiger partial charge in [0.15, 0.2) is 0 Å². The first-order valence-corrected chi connectivity index (χ1v) is 10.3. The molecule has 3 rings (SSSR count). The van der Waals surface area contributed by atoms with Gasteiger partial charge in [0.2, 0.25) is 11.8 Å². The van der Waals surface area contributed by atoms with Crippen LogP contribution in [-0.4, -0.2) is 52.4 Å². The Kier molecular flexibility index (Phi) is 6.15. The third kappa shape index (κ3) is 5.71. The predicted molar refractivity (Wildman–Crippen MR) is 109 cm³/mol. The Hall–Kier alpha value is -2.57. The zero-order chi connectivity index (χ0) is 21.2. The van der Waals surface area contributed by atoms with Crippen LogP contribution in [0.2, 0.25) is 0 Å². The Morgan fingerprint density at radius 3 is 2.14 bits per heavy atom. The van der Waals surface area contributed by atoms with Crippen molar-refractivity contribution in [3.63, 3.8) is 0 Å². The highest BCUT2D eigenvalue weighted by Gasteiger charge is 2.38. The van der Waals surface area contributed by atoms with Crippen LogP contribution in [0.3, 0.4) is 0 Å². The minimum absolute atomic E-state index is 0.0702. The molecule has 0 spiro atoms. The summed E-state index contributed by atoms with van der Waals surface area (Å²) < 4.78 is 5.43. The topological polar surface area (TPSA) is 92.9 Å². The number of amides is 3. The molecule has 1 aromatic rings. The Labute approximate surface area is 172 Å². The quantitative estimate of drug-likeness (QED) is 0.821. The molecule has 1 aromatic carbocycles. The van der Waals surface area contributed by atoms with Crippen LogP contribution in [0.5, 0.6) is 0 Å². The number of carbonyl (C=O) groups is 3. The summed E-state index contributed by atoms with van der Waals surface area (Å²) in [4.78, 5) is 40.3. The lowest BCUT2D eigenvalue weighted by Gasteiger charge is -2.35. The van der Waals surface area contributed by atoms with E-state index in [1.54, 1.807) is 17.0 Å². The van der Waals surface area contributed by atoms with Crippen molar-refractivity contribution in [2.24, 2.45) is 11.7 Å². The van der Waals surface area contributed by atoms with Gasteiger partial charge in [0.25, 0.3) is 0 Å². The van der Waals surface area contributed by atoms with Crippen LogP contribution in [0.1, 0.15) is 62.4 Å². The van der Waals surface area contributed by atoms with E-state index in [2.05, 4.69) is 0 Å². The van der Waals surface area contributed by atoms with Gasteiger partial charge >= 0.3 is 6.09 Å². The molecule has 0 unspecified atom stereocenters. The summed E-state index contributed by atoms with van der Waals surface area (Å²) in [5.74, 6) is -0.363. The Morgan fingerprint density at radius 1 is 1.07 bits per heavy atom. The van der Waals surface area contributed by atoms with Gasteiger partial charge in [-0.2, -0.15) is 0 Å². The van der Waals surface area contributed by atoms with Gasteiger partial charge in [-0.1, -0.05) is 12.1 Å². The third-order valence-electron chi connectivity index (χ3n) is 5.36. The maximum atomic E-state index is 13.2. The molecule has 2 fully saturated rings. The van der Waals surface area contributed by atoms with Crippen LogP contribution in [0.4, 0.5) is 4.79 Å². The average Bonchev–Trinajstić information content (AvgIpc) is 3.50. The molecule has 29 heavy (non-hydrogen) atoms. The number of hydrogen-bond acceptors (Lipinski definition) is 4. The summed E-state index contributed by atoms with van der Waals surface area (Å²) >= 11 is 0. The highest BCUT2D eigenvalue weighted by atomic mass is 16.6. The molecule has 1 aliphatic carbocycles. The SMILES string of the molecule is CC(C)(C)OC(=O)N1CCC(C(=O)N(Cc2ccc(C(N)=O)cc2)C2CC2)CC1. The summed E-state index contributed by atoms with van der Waals surface area (Å²) in [5.41, 5.74) is 6.23. The number of piperidine rings is 1. The van der Waals surface area contributed by atoms with Crippen molar-refractivity contribution >= 4 is 17.9 Å². The Balaban J connectivity index is 1.58. The monoisotopic (exact) mass is 401 g/mol. The summed E-state index contributed by atoms with van der Waals surface area (Å²) in [6.07, 6.45) is 3.06. The lowest BCUT2D eigenvalue weighted by atomic mass is 9.95.